The summed E-state index contributed by atoms with van der Waals surface area (Å²) in [5, 5.41) is 2.17. The molecule has 4 aromatic carbocycles. The van der Waals surface area contributed by atoms with Gasteiger partial charge in [0, 0.05) is 13.2 Å². The molecule has 0 aliphatic carbocycles. The maximum atomic E-state index is 14.5. The number of amides is 1. The summed E-state index contributed by atoms with van der Waals surface area (Å²) in [7, 11) is -1.21. The van der Waals surface area contributed by atoms with Crippen molar-refractivity contribution in [2.45, 2.75) is 57.5 Å². The van der Waals surface area contributed by atoms with E-state index < -0.39 is 14.2 Å². The Balaban J connectivity index is 1.53. The van der Waals surface area contributed by atoms with Gasteiger partial charge in [0.15, 0.2) is 0 Å². The van der Waals surface area contributed by atoms with Gasteiger partial charge in [0.25, 0.3) is 8.32 Å². The molecule has 5 rings (SSSR count). The van der Waals surface area contributed by atoms with E-state index in [-0.39, 0.29) is 29.7 Å². The van der Waals surface area contributed by atoms with Gasteiger partial charge in [-0.25, -0.2) is 0 Å². The summed E-state index contributed by atoms with van der Waals surface area (Å²) >= 11 is 0. The fourth-order valence-corrected chi connectivity index (χ4v) is 11.2. The summed E-state index contributed by atoms with van der Waals surface area (Å²) in [6, 6.07) is 39.0. The van der Waals surface area contributed by atoms with Crippen molar-refractivity contribution in [3.8, 4) is 5.75 Å². The number of hydrogen-bond acceptors (Lipinski definition) is 4. The predicted octanol–water partition coefficient (Wildman–Crippen LogP) is 6.76. The topological polar surface area (TPSA) is 48.0 Å². The largest absolute Gasteiger partial charge is 0.497 e. The number of carbonyl (C=O) groups is 1. The minimum absolute atomic E-state index is 0.0497. The highest BCUT2D eigenvalue weighted by Gasteiger charge is 2.53. The van der Waals surface area contributed by atoms with Crippen LogP contribution in [-0.4, -0.2) is 45.0 Å². The van der Waals surface area contributed by atoms with Crippen LogP contribution in [0.25, 0.3) is 0 Å². The van der Waals surface area contributed by atoms with E-state index in [1.165, 1.54) is 10.4 Å². The maximum absolute atomic E-state index is 14.5. The van der Waals surface area contributed by atoms with Gasteiger partial charge in [0.2, 0.25) is 5.91 Å². The molecule has 45 heavy (non-hydrogen) atoms. The van der Waals surface area contributed by atoms with E-state index in [1.54, 1.807) is 7.11 Å². The molecule has 1 fully saturated rings. The molecule has 0 unspecified atom stereocenters. The first kappa shape index (κ1) is 32.4. The smallest absolute Gasteiger partial charge is 0.261 e. The number of hydrogen-bond donors (Lipinski definition) is 0. The van der Waals surface area contributed by atoms with Crippen LogP contribution in [0.4, 0.5) is 0 Å². The Morgan fingerprint density at radius 2 is 1.36 bits per heavy atom. The Morgan fingerprint density at radius 1 is 0.800 bits per heavy atom. The number of methoxy groups -OCH3 is 1. The van der Waals surface area contributed by atoms with Gasteiger partial charge in [-0.15, -0.1) is 6.58 Å². The first-order chi connectivity index (χ1) is 21.8. The highest BCUT2D eigenvalue weighted by atomic mass is 28.4. The summed E-state index contributed by atoms with van der Waals surface area (Å²) < 4.78 is 19.4. The van der Waals surface area contributed by atoms with Crippen molar-refractivity contribution in [1.82, 2.24) is 4.90 Å². The van der Waals surface area contributed by atoms with E-state index in [1.807, 2.05) is 65.6 Å². The lowest BCUT2D eigenvalue weighted by molar-refractivity contribution is -0.133. The van der Waals surface area contributed by atoms with Crippen LogP contribution in [0, 0.1) is 5.92 Å². The van der Waals surface area contributed by atoms with Crippen molar-refractivity contribution in [2.75, 3.05) is 13.7 Å². The zero-order valence-corrected chi connectivity index (χ0v) is 27.9. The molecule has 1 heterocycles. The summed E-state index contributed by atoms with van der Waals surface area (Å²) in [6.45, 7) is 12.0. The molecule has 3 atom stereocenters. The zero-order valence-electron chi connectivity index (χ0n) is 26.9. The second-order valence-corrected chi connectivity index (χ2v) is 17.1. The highest BCUT2D eigenvalue weighted by Crippen LogP contribution is 2.39. The minimum atomic E-state index is -2.87. The molecule has 1 amide bonds. The molecule has 1 aliphatic rings. The van der Waals surface area contributed by atoms with Gasteiger partial charge in [-0.1, -0.05) is 130 Å². The van der Waals surface area contributed by atoms with Gasteiger partial charge in [0.05, 0.1) is 31.8 Å². The Labute approximate surface area is 269 Å². The Kier molecular flexibility index (Phi) is 10.4. The van der Waals surface area contributed by atoms with Crippen LogP contribution in [0.1, 0.15) is 38.3 Å². The van der Waals surface area contributed by atoms with Crippen molar-refractivity contribution < 1.29 is 18.7 Å². The lowest BCUT2D eigenvalue weighted by Crippen LogP contribution is -2.67. The monoisotopic (exact) mass is 619 g/mol. The van der Waals surface area contributed by atoms with E-state index in [0.29, 0.717) is 19.6 Å². The molecule has 5 nitrogen and oxygen atoms in total. The molecular weight excluding hydrogens is 575 g/mol. The average Bonchev–Trinajstić information content (AvgIpc) is 3.30. The van der Waals surface area contributed by atoms with E-state index in [4.69, 9.17) is 13.9 Å². The van der Waals surface area contributed by atoms with Crippen LogP contribution in [0.5, 0.6) is 5.75 Å². The van der Waals surface area contributed by atoms with Crippen LogP contribution in [0.15, 0.2) is 128 Å². The number of benzene rings is 4. The zero-order chi connectivity index (χ0) is 31.9. The lowest BCUT2D eigenvalue weighted by Gasteiger charge is -2.43. The highest BCUT2D eigenvalue weighted by molar-refractivity contribution is 6.99. The minimum Gasteiger partial charge on any atom is -0.497 e. The molecule has 0 saturated carbocycles. The normalized spacial score (nSPS) is 18.6. The van der Waals surface area contributed by atoms with Gasteiger partial charge < -0.3 is 18.8 Å². The molecule has 234 valence electrons. The van der Waals surface area contributed by atoms with Crippen LogP contribution < -0.4 is 15.1 Å². The molecule has 0 aromatic heterocycles. The maximum Gasteiger partial charge on any atom is 0.261 e. The lowest BCUT2D eigenvalue weighted by atomic mass is 9.99. The summed E-state index contributed by atoms with van der Waals surface area (Å²) in [5.74, 6) is 0.363. The third-order valence-electron chi connectivity index (χ3n) is 8.88. The summed E-state index contributed by atoms with van der Waals surface area (Å²) in [6.07, 6.45) is 2.15. The molecule has 1 saturated heterocycles. The van der Waals surface area contributed by atoms with Crippen molar-refractivity contribution in [3.05, 3.63) is 139 Å². The van der Waals surface area contributed by atoms with Crippen LogP contribution in [0.2, 0.25) is 5.04 Å². The van der Waals surface area contributed by atoms with Crippen LogP contribution >= 0.6 is 0 Å². The Bertz CT molecular complexity index is 1480. The van der Waals surface area contributed by atoms with Gasteiger partial charge in [-0.2, -0.15) is 0 Å². The predicted molar refractivity (Wildman–Crippen MR) is 184 cm³/mol. The first-order valence-electron chi connectivity index (χ1n) is 15.7. The third kappa shape index (κ3) is 6.99. The molecule has 0 bridgehead atoms. The molecule has 6 heteroatoms. The Hall–Kier alpha value is -3.97. The average molecular weight is 620 g/mol. The van der Waals surface area contributed by atoms with E-state index in [0.717, 1.165) is 16.9 Å². The SMILES string of the molecule is C=CC[C@H]1[C@H](OCc2ccccc2)[C@@H](CO[Si](c2ccccc2)(c2ccccc2)C(C)(C)C)C(=O)N1Cc1ccc(OC)cc1. The van der Waals surface area contributed by atoms with Crippen molar-refractivity contribution >= 4 is 24.6 Å². The number of likely N-dealkylation sites (tertiary alicyclic amines) is 1. The third-order valence-corrected chi connectivity index (χ3v) is 13.9. The van der Waals surface area contributed by atoms with Gasteiger partial charge in [-0.05, 0) is 45.1 Å². The molecule has 4 aromatic rings. The quantitative estimate of drug-likeness (QED) is 0.123. The summed E-state index contributed by atoms with van der Waals surface area (Å²) in [5.41, 5.74) is 2.11. The number of carbonyl (C=O) groups excluding carboxylic acids is 1. The van der Waals surface area contributed by atoms with Gasteiger partial charge in [0.1, 0.15) is 5.75 Å². The van der Waals surface area contributed by atoms with Crippen molar-refractivity contribution in [1.29, 1.82) is 0 Å². The standard InChI is InChI=1S/C39H45NO4Si/c1-6-16-36-37(43-28-31-17-10-7-11-18-31)35(38(41)40(36)27-30-23-25-32(42-5)26-24-30)29-44-45(39(2,3)4,33-19-12-8-13-20-33)34-21-14-9-15-22-34/h6-15,17-26,35-37H,1,16,27-29H2,2-5H3/t35-,36+,37-/m1/s1. The second kappa shape index (κ2) is 14.4. The fraction of sp³-hybridized carbons (Fsp3) is 0.308. The molecule has 1 aliphatic heterocycles. The number of ether oxygens (including phenoxy) is 2. The summed E-state index contributed by atoms with van der Waals surface area (Å²) in [4.78, 5) is 16.5. The second-order valence-electron chi connectivity index (χ2n) is 12.7. The van der Waals surface area contributed by atoms with E-state index in [2.05, 4.69) is 88.0 Å². The van der Waals surface area contributed by atoms with Crippen molar-refractivity contribution in [2.24, 2.45) is 5.92 Å². The van der Waals surface area contributed by atoms with Gasteiger partial charge >= 0.3 is 0 Å². The molecule has 0 radical (unpaired) electrons. The number of rotatable bonds is 13. The van der Waals surface area contributed by atoms with Gasteiger partial charge in [-0.3, -0.25) is 4.79 Å². The fourth-order valence-electron chi connectivity index (χ4n) is 6.65. The van der Waals surface area contributed by atoms with Crippen molar-refractivity contribution in [3.63, 3.8) is 0 Å². The van der Waals surface area contributed by atoms with Crippen LogP contribution in [0.3, 0.4) is 0 Å². The Morgan fingerprint density at radius 3 is 1.87 bits per heavy atom. The van der Waals surface area contributed by atoms with Crippen LogP contribution in [-0.2, 0) is 27.1 Å². The first-order valence-corrected chi connectivity index (χ1v) is 17.6. The number of nitrogens with zero attached hydrogens (tertiary/aromatic N) is 1. The molecular formula is C39H45NO4Si. The van der Waals surface area contributed by atoms with E-state index >= 15 is 0 Å². The molecule has 0 N–H and O–H groups in total. The van der Waals surface area contributed by atoms with E-state index in [9.17, 15) is 4.79 Å². The molecule has 0 spiro atoms.